The summed E-state index contributed by atoms with van der Waals surface area (Å²) >= 11 is 0. The zero-order valence-corrected chi connectivity index (χ0v) is 7.14. The molecule has 1 atom stereocenters. The lowest BCUT2D eigenvalue weighted by Gasteiger charge is -1.97. The topological polar surface area (TPSA) is 55.1 Å². The van der Waals surface area contributed by atoms with Crippen LogP contribution in [0.4, 0.5) is 4.39 Å². The first-order chi connectivity index (χ1) is 5.18. The molecule has 0 aliphatic heterocycles. The van der Waals surface area contributed by atoms with Gasteiger partial charge >= 0.3 is 0 Å². The van der Waals surface area contributed by atoms with Gasteiger partial charge in [0.05, 0.1) is 6.17 Å². The number of alkyl halides is 1. The highest BCUT2D eigenvalue weighted by atomic mass is 19.1. The predicted molar refractivity (Wildman–Crippen MR) is 44.0 cm³/mol. The van der Waals surface area contributed by atoms with Crippen LogP contribution in [0.2, 0.25) is 0 Å². The lowest BCUT2D eigenvalue weighted by atomic mass is 10.3. The van der Waals surface area contributed by atoms with Gasteiger partial charge in [-0.1, -0.05) is 6.92 Å². The minimum Gasteiger partial charge on any atom is -0.359 e. The quantitative estimate of drug-likeness (QED) is 0.468. The maximum atomic E-state index is 11.9. The van der Waals surface area contributed by atoms with Gasteiger partial charge in [-0.25, -0.2) is 4.39 Å². The number of hydrogen-bond donors (Lipinski definition) is 2. The standard InChI is InChI=1S/C5H10FNO.C2H7N/c1-5(6)2-3-7-4-8;1-2-3/h4-5H,2-3H2,1H3,(H,7,8);2-3H2,1H3. The molecule has 0 aromatic heterocycles. The van der Waals surface area contributed by atoms with E-state index < -0.39 is 6.17 Å². The van der Waals surface area contributed by atoms with Crippen LogP contribution in [-0.2, 0) is 4.79 Å². The third-order valence-corrected chi connectivity index (χ3v) is 0.770. The minimum absolute atomic E-state index is 0.402. The Morgan fingerprint density at radius 3 is 2.45 bits per heavy atom. The lowest BCUT2D eigenvalue weighted by molar-refractivity contribution is -0.109. The van der Waals surface area contributed by atoms with Crippen LogP contribution in [0.1, 0.15) is 20.3 Å². The van der Waals surface area contributed by atoms with E-state index in [1.165, 1.54) is 6.92 Å². The molecule has 1 amide bonds. The van der Waals surface area contributed by atoms with Gasteiger partial charge in [-0.15, -0.1) is 0 Å². The van der Waals surface area contributed by atoms with Gasteiger partial charge in [0.25, 0.3) is 0 Å². The number of nitrogens with one attached hydrogen (secondary N) is 1. The average Bonchev–Trinajstić information content (AvgIpc) is 1.89. The van der Waals surface area contributed by atoms with Crippen molar-refractivity contribution >= 4 is 6.41 Å². The maximum absolute atomic E-state index is 11.9. The van der Waals surface area contributed by atoms with E-state index in [0.717, 1.165) is 6.54 Å². The van der Waals surface area contributed by atoms with Crippen molar-refractivity contribution in [3.05, 3.63) is 0 Å². The highest BCUT2D eigenvalue weighted by molar-refractivity contribution is 5.45. The Kier molecular flexibility index (Phi) is 14.3. The first-order valence-electron chi connectivity index (χ1n) is 3.70. The lowest BCUT2D eigenvalue weighted by Crippen LogP contribution is -2.14. The van der Waals surface area contributed by atoms with Crippen molar-refractivity contribution in [1.29, 1.82) is 0 Å². The molecule has 3 nitrogen and oxygen atoms in total. The molecule has 0 spiro atoms. The number of carbonyl (C=O) groups excluding carboxylic acids is 1. The Balaban J connectivity index is 0. The van der Waals surface area contributed by atoms with E-state index in [1.54, 1.807) is 0 Å². The number of rotatable bonds is 4. The monoisotopic (exact) mass is 164 g/mol. The molecule has 0 radical (unpaired) electrons. The third-order valence-electron chi connectivity index (χ3n) is 0.770. The summed E-state index contributed by atoms with van der Waals surface area (Å²) < 4.78 is 11.9. The van der Waals surface area contributed by atoms with E-state index in [1.807, 2.05) is 6.92 Å². The molecule has 0 fully saturated rings. The smallest absolute Gasteiger partial charge is 0.207 e. The molecular formula is C7H17FN2O. The Morgan fingerprint density at radius 1 is 1.73 bits per heavy atom. The normalized spacial score (nSPS) is 10.9. The van der Waals surface area contributed by atoms with Crippen LogP contribution in [0.5, 0.6) is 0 Å². The molecule has 0 aromatic rings. The van der Waals surface area contributed by atoms with Crippen LogP contribution < -0.4 is 11.1 Å². The molecule has 4 heteroatoms. The van der Waals surface area contributed by atoms with Crippen molar-refractivity contribution in [1.82, 2.24) is 5.32 Å². The molecule has 0 saturated heterocycles. The molecule has 0 rings (SSSR count). The van der Waals surface area contributed by atoms with E-state index in [2.05, 4.69) is 5.32 Å². The van der Waals surface area contributed by atoms with Gasteiger partial charge in [-0.3, -0.25) is 4.79 Å². The number of halogens is 1. The van der Waals surface area contributed by atoms with Crippen molar-refractivity contribution in [2.45, 2.75) is 26.4 Å². The molecule has 3 N–H and O–H groups in total. The van der Waals surface area contributed by atoms with Crippen molar-refractivity contribution in [2.24, 2.45) is 5.73 Å². The molecule has 0 aliphatic rings. The van der Waals surface area contributed by atoms with Gasteiger partial charge < -0.3 is 11.1 Å². The number of carbonyl (C=O) groups is 1. The van der Waals surface area contributed by atoms with Crippen LogP contribution in [-0.4, -0.2) is 25.7 Å². The average molecular weight is 164 g/mol. The summed E-state index contributed by atoms with van der Waals surface area (Å²) in [5, 5.41) is 2.36. The molecule has 0 saturated carbocycles. The second-order valence-electron chi connectivity index (χ2n) is 2.05. The fourth-order valence-electron chi connectivity index (χ4n) is 0.341. The maximum Gasteiger partial charge on any atom is 0.207 e. The zero-order chi connectivity index (χ0) is 9.11. The van der Waals surface area contributed by atoms with E-state index in [-0.39, 0.29) is 0 Å². The van der Waals surface area contributed by atoms with Crippen LogP contribution in [0.25, 0.3) is 0 Å². The van der Waals surface area contributed by atoms with Crippen LogP contribution in [0, 0.1) is 0 Å². The molecular weight excluding hydrogens is 147 g/mol. The number of hydrogen-bond acceptors (Lipinski definition) is 2. The highest BCUT2D eigenvalue weighted by Crippen LogP contribution is 1.91. The summed E-state index contributed by atoms with van der Waals surface area (Å²) in [5.74, 6) is 0. The number of nitrogens with two attached hydrogens (primary N) is 1. The van der Waals surface area contributed by atoms with Gasteiger partial charge in [-0.05, 0) is 19.9 Å². The summed E-state index contributed by atoms with van der Waals surface area (Å²) in [4.78, 5) is 9.55. The summed E-state index contributed by atoms with van der Waals surface area (Å²) in [6.45, 7) is 4.55. The SMILES string of the molecule is CC(F)CCNC=O.CCN. The Morgan fingerprint density at radius 2 is 2.18 bits per heavy atom. The first-order valence-corrected chi connectivity index (χ1v) is 3.70. The molecule has 0 aromatic carbocycles. The van der Waals surface area contributed by atoms with Gasteiger partial charge in [0.2, 0.25) is 6.41 Å². The molecule has 0 heterocycles. The number of amides is 1. The van der Waals surface area contributed by atoms with E-state index in [9.17, 15) is 9.18 Å². The summed E-state index contributed by atoms with van der Waals surface area (Å²) in [6, 6.07) is 0. The zero-order valence-electron chi connectivity index (χ0n) is 7.14. The summed E-state index contributed by atoms with van der Waals surface area (Å²) in [6.07, 6.45) is 0.156. The van der Waals surface area contributed by atoms with E-state index in [0.29, 0.717) is 19.4 Å². The third kappa shape index (κ3) is 26.7. The fourth-order valence-corrected chi connectivity index (χ4v) is 0.341. The first kappa shape index (κ1) is 13.0. The van der Waals surface area contributed by atoms with Gasteiger partial charge in [-0.2, -0.15) is 0 Å². The van der Waals surface area contributed by atoms with Crippen LogP contribution in [0.3, 0.4) is 0 Å². The Hall–Kier alpha value is -0.640. The van der Waals surface area contributed by atoms with Gasteiger partial charge in [0.1, 0.15) is 0 Å². The highest BCUT2D eigenvalue weighted by Gasteiger charge is 1.93. The predicted octanol–water partition coefficient (Wildman–Crippen LogP) is 0.446. The summed E-state index contributed by atoms with van der Waals surface area (Å²) in [5.41, 5.74) is 4.85. The molecule has 11 heavy (non-hydrogen) atoms. The summed E-state index contributed by atoms with van der Waals surface area (Å²) in [7, 11) is 0. The molecule has 0 aliphatic carbocycles. The largest absolute Gasteiger partial charge is 0.359 e. The van der Waals surface area contributed by atoms with Crippen molar-refractivity contribution < 1.29 is 9.18 Å². The van der Waals surface area contributed by atoms with Crippen molar-refractivity contribution in [3.63, 3.8) is 0 Å². The van der Waals surface area contributed by atoms with Crippen LogP contribution >= 0.6 is 0 Å². The Labute approximate surface area is 67.2 Å². The molecule has 0 bridgehead atoms. The van der Waals surface area contributed by atoms with Gasteiger partial charge in [0.15, 0.2) is 0 Å². The van der Waals surface area contributed by atoms with Crippen LogP contribution in [0.15, 0.2) is 0 Å². The second kappa shape index (κ2) is 12.1. The van der Waals surface area contributed by atoms with Gasteiger partial charge in [0, 0.05) is 6.54 Å². The molecule has 1 unspecified atom stereocenters. The molecule has 68 valence electrons. The van der Waals surface area contributed by atoms with Crippen molar-refractivity contribution in [2.75, 3.05) is 13.1 Å². The van der Waals surface area contributed by atoms with E-state index >= 15 is 0 Å². The minimum atomic E-state index is -0.817. The van der Waals surface area contributed by atoms with Crippen molar-refractivity contribution in [3.8, 4) is 0 Å². The second-order valence-corrected chi connectivity index (χ2v) is 2.05. The fraction of sp³-hybridized carbons (Fsp3) is 0.857. The Bertz CT molecular complexity index is 78.8. The van der Waals surface area contributed by atoms with E-state index in [4.69, 9.17) is 5.73 Å².